The molecule has 6 nitrogen and oxygen atoms in total. The molecule has 0 saturated carbocycles. The molecule has 0 aliphatic carbocycles. The summed E-state index contributed by atoms with van der Waals surface area (Å²) >= 11 is 1.24. The number of rotatable bonds is 5. The summed E-state index contributed by atoms with van der Waals surface area (Å²) in [7, 11) is 0. The first kappa shape index (κ1) is 19.0. The summed E-state index contributed by atoms with van der Waals surface area (Å²) in [6.07, 6.45) is 0. The van der Waals surface area contributed by atoms with Gasteiger partial charge < -0.3 is 5.32 Å². The molecule has 1 atom stereocenters. The van der Waals surface area contributed by atoms with Crippen LogP contribution in [-0.4, -0.2) is 31.4 Å². The van der Waals surface area contributed by atoms with Crippen molar-refractivity contribution in [3.8, 4) is 5.69 Å². The smallest absolute Gasteiger partial charge is 0.237 e. The van der Waals surface area contributed by atoms with Crippen molar-refractivity contribution in [2.75, 3.05) is 5.32 Å². The van der Waals surface area contributed by atoms with Gasteiger partial charge in [0.25, 0.3) is 0 Å². The maximum Gasteiger partial charge on any atom is 0.237 e. The molecule has 3 rings (SSSR count). The molecule has 1 heterocycles. The molecule has 1 aromatic heterocycles. The van der Waals surface area contributed by atoms with Crippen LogP contribution in [-0.2, 0) is 4.79 Å². The number of amides is 1. The Morgan fingerprint density at radius 3 is 2.52 bits per heavy atom. The zero-order valence-electron chi connectivity index (χ0n) is 15.5. The minimum absolute atomic E-state index is 0.252. The molecule has 0 spiro atoms. The van der Waals surface area contributed by atoms with Gasteiger partial charge in [0.15, 0.2) is 0 Å². The van der Waals surface area contributed by atoms with Crippen LogP contribution in [0.15, 0.2) is 41.6 Å². The molecule has 0 saturated heterocycles. The number of hydrogen-bond donors (Lipinski definition) is 1. The fraction of sp³-hybridized carbons (Fsp3) is 0.263. The summed E-state index contributed by atoms with van der Waals surface area (Å²) < 4.78 is 15.3. The van der Waals surface area contributed by atoms with Crippen molar-refractivity contribution in [3.63, 3.8) is 0 Å². The summed E-state index contributed by atoms with van der Waals surface area (Å²) in [6.45, 7) is 7.44. The van der Waals surface area contributed by atoms with E-state index in [0.717, 1.165) is 16.8 Å². The van der Waals surface area contributed by atoms with Crippen molar-refractivity contribution in [3.05, 3.63) is 58.9 Å². The fourth-order valence-corrected chi connectivity index (χ4v) is 3.42. The first-order chi connectivity index (χ1) is 12.8. The van der Waals surface area contributed by atoms with Crippen LogP contribution in [0.5, 0.6) is 0 Å². The Hall–Kier alpha value is -2.74. The molecule has 0 aliphatic rings. The topological polar surface area (TPSA) is 72.7 Å². The van der Waals surface area contributed by atoms with E-state index in [1.54, 1.807) is 30.7 Å². The van der Waals surface area contributed by atoms with E-state index in [9.17, 15) is 9.18 Å². The number of aryl methyl sites for hydroxylation is 3. The highest BCUT2D eigenvalue weighted by Crippen LogP contribution is 2.25. The van der Waals surface area contributed by atoms with E-state index in [1.807, 2.05) is 26.0 Å². The summed E-state index contributed by atoms with van der Waals surface area (Å²) in [5.74, 6) is -0.606. The number of benzene rings is 2. The van der Waals surface area contributed by atoms with Crippen molar-refractivity contribution in [2.45, 2.75) is 38.1 Å². The van der Waals surface area contributed by atoms with E-state index in [0.29, 0.717) is 16.4 Å². The lowest BCUT2D eigenvalue weighted by atomic mass is 10.1. The first-order valence-corrected chi connectivity index (χ1v) is 9.32. The van der Waals surface area contributed by atoms with Crippen LogP contribution < -0.4 is 5.32 Å². The predicted octanol–water partition coefficient (Wildman–Crippen LogP) is 3.85. The molecule has 0 radical (unpaired) electrons. The van der Waals surface area contributed by atoms with E-state index in [2.05, 4.69) is 26.9 Å². The predicted molar refractivity (Wildman–Crippen MR) is 104 cm³/mol. The van der Waals surface area contributed by atoms with Crippen LogP contribution in [0.2, 0.25) is 0 Å². The third kappa shape index (κ3) is 4.51. The van der Waals surface area contributed by atoms with Crippen LogP contribution in [0.1, 0.15) is 23.6 Å². The Bertz CT molecular complexity index is 968. The molecule has 0 bridgehead atoms. The Kier molecular flexibility index (Phi) is 5.55. The number of nitrogens with one attached hydrogen (secondary N) is 1. The van der Waals surface area contributed by atoms with Crippen LogP contribution in [0.4, 0.5) is 10.1 Å². The number of carbonyl (C=O) groups excluding carboxylic acids is 1. The van der Waals surface area contributed by atoms with Gasteiger partial charge in [0.1, 0.15) is 5.82 Å². The lowest BCUT2D eigenvalue weighted by molar-refractivity contribution is -0.115. The second-order valence-electron chi connectivity index (χ2n) is 6.43. The van der Waals surface area contributed by atoms with E-state index in [4.69, 9.17) is 0 Å². The number of tetrazole rings is 1. The summed E-state index contributed by atoms with van der Waals surface area (Å²) in [4.78, 5) is 12.5. The minimum atomic E-state index is -0.468. The van der Waals surface area contributed by atoms with Gasteiger partial charge in [-0.3, -0.25) is 4.79 Å². The van der Waals surface area contributed by atoms with E-state index >= 15 is 0 Å². The maximum absolute atomic E-state index is 13.7. The Labute approximate surface area is 161 Å². The van der Waals surface area contributed by atoms with Crippen LogP contribution >= 0.6 is 11.8 Å². The average molecular weight is 385 g/mol. The van der Waals surface area contributed by atoms with Gasteiger partial charge in [-0.05, 0) is 79.1 Å². The van der Waals surface area contributed by atoms with E-state index in [1.165, 1.54) is 17.8 Å². The van der Waals surface area contributed by atoms with Crippen molar-refractivity contribution in [1.29, 1.82) is 0 Å². The molecular weight excluding hydrogens is 365 g/mol. The molecule has 2 aromatic carbocycles. The minimum Gasteiger partial charge on any atom is -0.325 e. The summed E-state index contributed by atoms with van der Waals surface area (Å²) in [6, 6.07) is 10.6. The van der Waals surface area contributed by atoms with Gasteiger partial charge >= 0.3 is 0 Å². The number of aromatic nitrogens is 4. The van der Waals surface area contributed by atoms with Gasteiger partial charge in [-0.1, -0.05) is 23.9 Å². The van der Waals surface area contributed by atoms with Gasteiger partial charge in [-0.25, -0.2) is 4.39 Å². The monoisotopic (exact) mass is 385 g/mol. The molecule has 27 heavy (non-hydrogen) atoms. The number of hydrogen-bond acceptors (Lipinski definition) is 5. The standard InChI is InChI=1S/C19H20FN5OS/c1-11-7-12(2)9-16(8-11)25-19(22-23-24-25)27-14(4)18(26)21-15-6-5-13(3)17(20)10-15/h5-10,14H,1-4H3,(H,21,26)/t14-/m0/s1. The number of nitrogens with zero attached hydrogens (tertiary/aromatic N) is 4. The van der Waals surface area contributed by atoms with Gasteiger partial charge in [0.2, 0.25) is 11.1 Å². The van der Waals surface area contributed by atoms with Gasteiger partial charge in [0, 0.05) is 5.69 Å². The number of anilines is 1. The molecular formula is C19H20FN5OS. The van der Waals surface area contributed by atoms with Gasteiger partial charge in [0.05, 0.1) is 10.9 Å². The molecule has 140 valence electrons. The highest BCUT2D eigenvalue weighted by molar-refractivity contribution is 8.00. The summed E-state index contributed by atoms with van der Waals surface area (Å²) in [5, 5.41) is 14.6. The quantitative estimate of drug-likeness (QED) is 0.676. The maximum atomic E-state index is 13.7. The third-order valence-electron chi connectivity index (χ3n) is 3.98. The number of thioether (sulfide) groups is 1. The highest BCUT2D eigenvalue weighted by Gasteiger charge is 2.20. The molecule has 8 heteroatoms. The lowest BCUT2D eigenvalue weighted by Crippen LogP contribution is -2.23. The van der Waals surface area contributed by atoms with Crippen LogP contribution in [0, 0.1) is 26.6 Å². The zero-order chi connectivity index (χ0) is 19.6. The molecule has 0 fully saturated rings. The first-order valence-electron chi connectivity index (χ1n) is 8.44. The van der Waals surface area contributed by atoms with Gasteiger partial charge in [-0.2, -0.15) is 4.68 Å². The lowest BCUT2D eigenvalue weighted by Gasteiger charge is -2.12. The number of carbonyl (C=O) groups is 1. The normalized spacial score (nSPS) is 12.0. The van der Waals surface area contributed by atoms with Crippen LogP contribution in [0.3, 0.4) is 0 Å². The second-order valence-corrected chi connectivity index (χ2v) is 7.74. The molecule has 0 unspecified atom stereocenters. The third-order valence-corrected chi connectivity index (χ3v) is 5.02. The Morgan fingerprint density at radius 1 is 1.15 bits per heavy atom. The Balaban J connectivity index is 1.74. The molecule has 0 aliphatic heterocycles. The van der Waals surface area contributed by atoms with E-state index < -0.39 is 5.25 Å². The second kappa shape index (κ2) is 7.87. The van der Waals surface area contributed by atoms with Crippen molar-refractivity contribution in [1.82, 2.24) is 20.2 Å². The SMILES string of the molecule is Cc1cc(C)cc(-n2nnnc2S[C@@H](C)C(=O)Nc2ccc(C)c(F)c2)c1. The zero-order valence-corrected chi connectivity index (χ0v) is 16.3. The fourth-order valence-electron chi connectivity index (χ4n) is 2.61. The molecule has 3 aromatic rings. The van der Waals surface area contributed by atoms with Crippen LogP contribution in [0.25, 0.3) is 5.69 Å². The van der Waals surface area contributed by atoms with Crippen molar-refractivity contribution >= 4 is 23.4 Å². The largest absolute Gasteiger partial charge is 0.325 e. The number of halogens is 1. The van der Waals surface area contributed by atoms with E-state index in [-0.39, 0.29) is 11.7 Å². The molecule has 1 amide bonds. The summed E-state index contributed by atoms with van der Waals surface area (Å²) in [5.41, 5.74) is 3.99. The van der Waals surface area contributed by atoms with Crippen molar-refractivity contribution < 1.29 is 9.18 Å². The highest BCUT2D eigenvalue weighted by atomic mass is 32.2. The Morgan fingerprint density at radius 2 is 1.85 bits per heavy atom. The average Bonchev–Trinajstić information content (AvgIpc) is 3.05. The van der Waals surface area contributed by atoms with Crippen molar-refractivity contribution in [2.24, 2.45) is 0 Å². The molecule has 1 N–H and O–H groups in total. The van der Waals surface area contributed by atoms with Gasteiger partial charge in [-0.15, -0.1) is 5.10 Å².